The number of benzene rings is 1. The molecule has 1 aliphatic rings. The summed E-state index contributed by atoms with van der Waals surface area (Å²) >= 11 is 0. The summed E-state index contributed by atoms with van der Waals surface area (Å²) in [6.45, 7) is 1.31. The van der Waals surface area contributed by atoms with E-state index in [0.717, 1.165) is 17.8 Å². The molecule has 1 heterocycles. The number of aliphatic hydroxyl groups excluding tert-OH is 2. The van der Waals surface area contributed by atoms with Crippen LogP contribution >= 0.6 is 0 Å². The van der Waals surface area contributed by atoms with Crippen LogP contribution in [0.3, 0.4) is 0 Å². The molecular weight excluding hydrogens is 254 g/mol. The Kier molecular flexibility index (Phi) is 4.61. The summed E-state index contributed by atoms with van der Waals surface area (Å²) in [5.74, 6) is 0. The van der Waals surface area contributed by atoms with Crippen LogP contribution in [0, 0.1) is 11.3 Å². The molecule has 0 amide bonds. The molecular formula is C15H21N3O2. The fourth-order valence-electron chi connectivity index (χ4n) is 2.80. The van der Waals surface area contributed by atoms with Crippen molar-refractivity contribution in [3.05, 3.63) is 29.3 Å². The highest BCUT2D eigenvalue weighted by molar-refractivity contribution is 5.62. The van der Waals surface area contributed by atoms with Crippen molar-refractivity contribution < 1.29 is 10.2 Å². The Bertz CT molecular complexity index is 510. The second-order valence-electron chi connectivity index (χ2n) is 5.58. The number of nitrogens with zero attached hydrogens (tertiary/aromatic N) is 3. The standard InChI is InChI=1S/C15H21N3O2/c1-17(2)8-13-6-14(20)9-18(13)15-4-3-11(10-19)5-12(15)7-16/h3-5,13-14,19-20H,6,8-10H2,1-2H3. The molecule has 2 N–H and O–H groups in total. The molecule has 1 fully saturated rings. The zero-order valence-corrected chi connectivity index (χ0v) is 12.0. The smallest absolute Gasteiger partial charge is 0.101 e. The summed E-state index contributed by atoms with van der Waals surface area (Å²) in [4.78, 5) is 4.19. The van der Waals surface area contributed by atoms with Crippen LogP contribution in [-0.4, -0.2) is 54.4 Å². The van der Waals surface area contributed by atoms with E-state index < -0.39 is 0 Å². The molecule has 0 spiro atoms. The van der Waals surface area contributed by atoms with Crippen molar-refractivity contribution >= 4 is 5.69 Å². The molecule has 1 aliphatic heterocycles. The monoisotopic (exact) mass is 275 g/mol. The number of β-amino-alcohol motifs (C(OH)–C–C–N with tert-alkyl or cyclic N) is 1. The van der Waals surface area contributed by atoms with E-state index in [1.807, 2.05) is 26.2 Å². The van der Waals surface area contributed by atoms with Crippen LogP contribution in [0.25, 0.3) is 0 Å². The van der Waals surface area contributed by atoms with Gasteiger partial charge in [-0.3, -0.25) is 0 Å². The molecule has 5 heteroatoms. The predicted octanol–water partition coefficient (Wildman–Crippen LogP) is 0.552. The summed E-state index contributed by atoms with van der Waals surface area (Å²) in [5.41, 5.74) is 2.12. The molecule has 5 nitrogen and oxygen atoms in total. The van der Waals surface area contributed by atoms with Crippen LogP contribution in [-0.2, 0) is 6.61 Å². The number of rotatable bonds is 4. The van der Waals surface area contributed by atoms with Crippen molar-refractivity contribution in [1.82, 2.24) is 4.90 Å². The zero-order chi connectivity index (χ0) is 14.7. The maximum atomic E-state index is 9.93. The zero-order valence-electron chi connectivity index (χ0n) is 12.0. The van der Waals surface area contributed by atoms with Gasteiger partial charge < -0.3 is 20.0 Å². The van der Waals surface area contributed by atoms with Crippen LogP contribution < -0.4 is 4.90 Å². The number of hydrogen-bond acceptors (Lipinski definition) is 5. The van der Waals surface area contributed by atoms with Gasteiger partial charge in [0.1, 0.15) is 6.07 Å². The average molecular weight is 275 g/mol. The first-order valence-corrected chi connectivity index (χ1v) is 6.78. The second kappa shape index (κ2) is 6.23. The van der Waals surface area contributed by atoms with Gasteiger partial charge in [0.25, 0.3) is 0 Å². The molecule has 0 aliphatic carbocycles. The minimum absolute atomic E-state index is 0.0707. The van der Waals surface area contributed by atoms with Crippen LogP contribution in [0.2, 0.25) is 0 Å². The van der Waals surface area contributed by atoms with Crippen LogP contribution in [0.1, 0.15) is 17.5 Å². The van der Waals surface area contributed by atoms with Crippen LogP contribution in [0.15, 0.2) is 18.2 Å². The fourth-order valence-corrected chi connectivity index (χ4v) is 2.80. The van der Waals surface area contributed by atoms with E-state index in [2.05, 4.69) is 15.9 Å². The van der Waals surface area contributed by atoms with Gasteiger partial charge in [-0.25, -0.2) is 0 Å². The predicted molar refractivity (Wildman–Crippen MR) is 77.4 cm³/mol. The highest BCUT2D eigenvalue weighted by Crippen LogP contribution is 2.29. The Morgan fingerprint density at radius 3 is 2.80 bits per heavy atom. The van der Waals surface area contributed by atoms with Gasteiger partial charge in [0.15, 0.2) is 0 Å². The van der Waals surface area contributed by atoms with Crippen LogP contribution in [0.5, 0.6) is 0 Å². The first-order valence-electron chi connectivity index (χ1n) is 6.78. The third-order valence-electron chi connectivity index (χ3n) is 3.64. The van der Waals surface area contributed by atoms with Crippen molar-refractivity contribution in [3.8, 4) is 6.07 Å². The van der Waals surface area contributed by atoms with E-state index in [9.17, 15) is 10.4 Å². The van der Waals surface area contributed by atoms with Crippen molar-refractivity contribution in [2.24, 2.45) is 0 Å². The molecule has 1 aromatic rings. The molecule has 0 bridgehead atoms. The van der Waals surface area contributed by atoms with Crippen LogP contribution in [0.4, 0.5) is 5.69 Å². The highest BCUT2D eigenvalue weighted by Gasteiger charge is 2.32. The van der Waals surface area contributed by atoms with E-state index in [-0.39, 0.29) is 18.8 Å². The maximum Gasteiger partial charge on any atom is 0.101 e. The Balaban J connectivity index is 2.31. The summed E-state index contributed by atoms with van der Waals surface area (Å²) in [6, 6.07) is 7.80. The van der Waals surface area contributed by atoms with Gasteiger partial charge in [0.2, 0.25) is 0 Å². The van der Waals surface area contributed by atoms with Crippen molar-refractivity contribution in [2.45, 2.75) is 25.2 Å². The van der Waals surface area contributed by atoms with E-state index in [1.165, 1.54) is 0 Å². The van der Waals surface area contributed by atoms with Crippen molar-refractivity contribution in [2.75, 3.05) is 32.1 Å². The van der Waals surface area contributed by atoms with E-state index >= 15 is 0 Å². The SMILES string of the molecule is CN(C)CC1CC(O)CN1c1ccc(CO)cc1C#N. The van der Waals surface area contributed by atoms with Gasteiger partial charge in [-0.15, -0.1) is 0 Å². The Morgan fingerprint density at radius 2 is 2.20 bits per heavy atom. The molecule has 2 rings (SSSR count). The highest BCUT2D eigenvalue weighted by atomic mass is 16.3. The van der Waals surface area contributed by atoms with Crippen molar-refractivity contribution in [1.29, 1.82) is 5.26 Å². The fraction of sp³-hybridized carbons (Fsp3) is 0.533. The molecule has 0 radical (unpaired) electrons. The molecule has 108 valence electrons. The topological polar surface area (TPSA) is 70.7 Å². The van der Waals surface area contributed by atoms with Gasteiger partial charge >= 0.3 is 0 Å². The summed E-state index contributed by atoms with van der Waals surface area (Å²) in [6.07, 6.45) is 0.356. The average Bonchev–Trinajstić information content (AvgIpc) is 2.77. The maximum absolute atomic E-state index is 9.93. The first kappa shape index (κ1) is 14.8. The largest absolute Gasteiger partial charge is 0.392 e. The molecule has 2 atom stereocenters. The van der Waals surface area contributed by atoms with Gasteiger partial charge in [-0.05, 0) is 38.2 Å². The second-order valence-corrected chi connectivity index (χ2v) is 5.58. The number of aliphatic hydroxyl groups is 2. The third-order valence-corrected chi connectivity index (χ3v) is 3.64. The summed E-state index contributed by atoms with van der Waals surface area (Å²) in [5, 5.41) is 28.4. The Morgan fingerprint density at radius 1 is 1.45 bits per heavy atom. The normalized spacial score (nSPS) is 22.3. The quantitative estimate of drug-likeness (QED) is 0.840. The van der Waals surface area contributed by atoms with E-state index in [1.54, 1.807) is 6.07 Å². The molecule has 20 heavy (non-hydrogen) atoms. The lowest BCUT2D eigenvalue weighted by Crippen LogP contribution is -2.38. The number of anilines is 1. The summed E-state index contributed by atoms with van der Waals surface area (Å²) in [7, 11) is 4.01. The summed E-state index contributed by atoms with van der Waals surface area (Å²) < 4.78 is 0. The number of hydrogen-bond donors (Lipinski definition) is 2. The molecule has 1 aromatic carbocycles. The van der Waals surface area contributed by atoms with E-state index in [4.69, 9.17) is 5.11 Å². The van der Waals surface area contributed by atoms with E-state index in [0.29, 0.717) is 18.5 Å². The lowest BCUT2D eigenvalue weighted by molar-refractivity contribution is 0.191. The minimum Gasteiger partial charge on any atom is -0.392 e. The molecule has 0 aromatic heterocycles. The number of nitriles is 1. The number of likely N-dealkylation sites (N-methyl/N-ethyl adjacent to an activating group) is 1. The van der Waals surface area contributed by atoms with Gasteiger partial charge in [0, 0.05) is 19.1 Å². The Labute approximate surface area is 119 Å². The van der Waals surface area contributed by atoms with Gasteiger partial charge in [-0.2, -0.15) is 5.26 Å². The lowest BCUT2D eigenvalue weighted by Gasteiger charge is -2.29. The Hall–Kier alpha value is -1.61. The van der Waals surface area contributed by atoms with Crippen molar-refractivity contribution in [3.63, 3.8) is 0 Å². The molecule has 2 unspecified atom stereocenters. The first-order chi connectivity index (χ1) is 9.55. The lowest BCUT2D eigenvalue weighted by atomic mass is 10.1. The molecule has 0 saturated carbocycles. The van der Waals surface area contributed by atoms with Gasteiger partial charge in [-0.1, -0.05) is 6.07 Å². The molecule has 1 saturated heterocycles. The third kappa shape index (κ3) is 3.10. The van der Waals surface area contributed by atoms with Gasteiger partial charge in [0.05, 0.1) is 24.0 Å². The minimum atomic E-state index is -0.357.